The molecule has 0 fully saturated rings. The van der Waals surface area contributed by atoms with E-state index in [1.165, 1.54) is 29.1 Å². The number of halogens is 2. The second-order valence-corrected chi connectivity index (χ2v) is 4.14. The summed E-state index contributed by atoms with van der Waals surface area (Å²) in [6, 6.07) is 4.01. The molecule has 0 aliphatic heterocycles. The molecular formula is C11H10ClFN4O. The third-order valence-corrected chi connectivity index (χ3v) is 2.73. The van der Waals surface area contributed by atoms with Gasteiger partial charge in [-0.1, -0.05) is 11.6 Å². The van der Waals surface area contributed by atoms with Gasteiger partial charge in [0.2, 0.25) is 0 Å². The first-order valence-corrected chi connectivity index (χ1v) is 5.42. The van der Waals surface area contributed by atoms with Crippen LogP contribution in [-0.4, -0.2) is 15.7 Å². The minimum Gasteiger partial charge on any atom is -0.396 e. The van der Waals surface area contributed by atoms with Crippen LogP contribution in [0.2, 0.25) is 5.02 Å². The number of nitrogens with two attached hydrogens (primary N) is 2. The SMILES string of the molecule is NC(=O)c1nn(Cc2cc(F)ccc2Cl)cc1N. The van der Waals surface area contributed by atoms with Crippen LogP contribution in [0.4, 0.5) is 10.1 Å². The highest BCUT2D eigenvalue weighted by molar-refractivity contribution is 6.31. The fraction of sp³-hybridized carbons (Fsp3) is 0.0909. The average Bonchev–Trinajstić information content (AvgIpc) is 2.65. The van der Waals surface area contributed by atoms with E-state index in [-0.39, 0.29) is 17.9 Å². The van der Waals surface area contributed by atoms with Crippen molar-refractivity contribution in [1.29, 1.82) is 0 Å². The fourth-order valence-corrected chi connectivity index (χ4v) is 1.73. The highest BCUT2D eigenvalue weighted by atomic mass is 35.5. The zero-order valence-corrected chi connectivity index (χ0v) is 9.99. The summed E-state index contributed by atoms with van der Waals surface area (Å²) in [7, 11) is 0. The molecule has 1 amide bonds. The molecule has 1 aromatic carbocycles. The van der Waals surface area contributed by atoms with Crippen LogP contribution < -0.4 is 11.5 Å². The number of nitrogens with zero attached hydrogens (tertiary/aromatic N) is 2. The lowest BCUT2D eigenvalue weighted by Gasteiger charge is -2.04. The van der Waals surface area contributed by atoms with Crippen molar-refractivity contribution in [3.05, 3.63) is 46.5 Å². The molecule has 0 unspecified atom stereocenters. The fourth-order valence-electron chi connectivity index (χ4n) is 1.55. The molecule has 4 N–H and O–H groups in total. The van der Waals surface area contributed by atoms with Crippen molar-refractivity contribution in [1.82, 2.24) is 9.78 Å². The van der Waals surface area contributed by atoms with E-state index in [2.05, 4.69) is 5.10 Å². The molecule has 0 spiro atoms. The zero-order chi connectivity index (χ0) is 13.3. The third-order valence-electron chi connectivity index (χ3n) is 2.36. The number of aromatic nitrogens is 2. The van der Waals surface area contributed by atoms with E-state index >= 15 is 0 Å². The van der Waals surface area contributed by atoms with Crippen LogP contribution in [0.1, 0.15) is 16.1 Å². The number of carbonyl (C=O) groups excluding carboxylic acids is 1. The topological polar surface area (TPSA) is 86.9 Å². The summed E-state index contributed by atoms with van der Waals surface area (Å²) in [5.74, 6) is -1.11. The van der Waals surface area contributed by atoms with Crippen molar-refractivity contribution in [2.45, 2.75) is 6.54 Å². The first-order valence-electron chi connectivity index (χ1n) is 5.04. The molecule has 5 nitrogen and oxygen atoms in total. The van der Waals surface area contributed by atoms with Gasteiger partial charge in [0.1, 0.15) is 5.82 Å². The van der Waals surface area contributed by atoms with Crippen LogP contribution in [0, 0.1) is 5.82 Å². The molecule has 0 aliphatic carbocycles. The third kappa shape index (κ3) is 2.43. The molecule has 0 aliphatic rings. The van der Waals surface area contributed by atoms with Gasteiger partial charge >= 0.3 is 0 Å². The van der Waals surface area contributed by atoms with Crippen molar-refractivity contribution in [3.8, 4) is 0 Å². The molecule has 0 radical (unpaired) electrons. The van der Waals surface area contributed by atoms with Crippen LogP contribution in [0.5, 0.6) is 0 Å². The van der Waals surface area contributed by atoms with Gasteiger partial charge in [-0.2, -0.15) is 5.10 Å². The molecule has 94 valence electrons. The Morgan fingerprint density at radius 1 is 1.50 bits per heavy atom. The quantitative estimate of drug-likeness (QED) is 0.882. The molecule has 2 aromatic rings. The van der Waals surface area contributed by atoms with E-state index in [9.17, 15) is 9.18 Å². The van der Waals surface area contributed by atoms with Gasteiger partial charge in [0.25, 0.3) is 5.91 Å². The molecule has 18 heavy (non-hydrogen) atoms. The van der Waals surface area contributed by atoms with E-state index in [1.807, 2.05) is 0 Å². The average molecular weight is 269 g/mol. The van der Waals surface area contributed by atoms with Crippen LogP contribution in [-0.2, 0) is 6.54 Å². The number of carbonyl (C=O) groups is 1. The number of hydrogen-bond donors (Lipinski definition) is 2. The number of anilines is 1. The van der Waals surface area contributed by atoms with Crippen molar-refractivity contribution in [2.24, 2.45) is 5.73 Å². The molecule has 0 atom stereocenters. The van der Waals surface area contributed by atoms with Gasteiger partial charge in [0.05, 0.1) is 12.2 Å². The van der Waals surface area contributed by atoms with Gasteiger partial charge in [-0.25, -0.2) is 4.39 Å². The smallest absolute Gasteiger partial charge is 0.271 e. The molecular weight excluding hydrogens is 259 g/mol. The molecule has 0 saturated heterocycles. The highest BCUT2D eigenvalue weighted by Gasteiger charge is 2.12. The maximum absolute atomic E-state index is 13.1. The van der Waals surface area contributed by atoms with E-state index < -0.39 is 11.7 Å². The normalized spacial score (nSPS) is 10.6. The summed E-state index contributed by atoms with van der Waals surface area (Å²) >= 11 is 5.92. The summed E-state index contributed by atoms with van der Waals surface area (Å²) in [4.78, 5) is 11.0. The Morgan fingerprint density at radius 2 is 2.22 bits per heavy atom. The van der Waals surface area contributed by atoms with Crippen molar-refractivity contribution in [2.75, 3.05) is 5.73 Å². The van der Waals surface area contributed by atoms with Gasteiger partial charge in [-0.3, -0.25) is 9.48 Å². The minimum absolute atomic E-state index is 0.0116. The van der Waals surface area contributed by atoms with Gasteiger partial charge in [0, 0.05) is 11.2 Å². The van der Waals surface area contributed by atoms with Crippen molar-refractivity contribution in [3.63, 3.8) is 0 Å². The van der Waals surface area contributed by atoms with Crippen LogP contribution in [0.3, 0.4) is 0 Å². The van der Waals surface area contributed by atoms with Gasteiger partial charge in [-0.05, 0) is 23.8 Å². The van der Waals surface area contributed by atoms with Crippen molar-refractivity contribution < 1.29 is 9.18 Å². The maximum Gasteiger partial charge on any atom is 0.271 e. The summed E-state index contributed by atoms with van der Waals surface area (Å²) in [5.41, 5.74) is 11.4. The second-order valence-electron chi connectivity index (χ2n) is 3.73. The maximum atomic E-state index is 13.1. The monoisotopic (exact) mass is 268 g/mol. The molecule has 1 aromatic heterocycles. The van der Waals surface area contributed by atoms with E-state index in [4.69, 9.17) is 23.1 Å². The lowest BCUT2D eigenvalue weighted by atomic mass is 10.2. The van der Waals surface area contributed by atoms with Crippen LogP contribution >= 0.6 is 11.6 Å². The first kappa shape index (κ1) is 12.4. The lowest BCUT2D eigenvalue weighted by Crippen LogP contribution is -2.14. The lowest BCUT2D eigenvalue weighted by molar-refractivity contribution is 0.0995. The zero-order valence-electron chi connectivity index (χ0n) is 9.23. The summed E-state index contributed by atoms with van der Waals surface area (Å²) in [5, 5.41) is 4.32. The number of rotatable bonds is 3. The summed E-state index contributed by atoms with van der Waals surface area (Å²) in [6.07, 6.45) is 1.45. The Balaban J connectivity index is 2.31. The highest BCUT2D eigenvalue weighted by Crippen LogP contribution is 2.19. The number of benzene rings is 1. The molecule has 0 saturated carbocycles. The van der Waals surface area contributed by atoms with Crippen LogP contribution in [0.15, 0.2) is 24.4 Å². The standard InChI is InChI=1S/C11H10ClFN4O/c12-8-2-1-7(13)3-6(8)4-17-5-9(14)10(16-17)11(15)18/h1-3,5H,4,14H2,(H2,15,18). The number of nitrogen functional groups attached to an aromatic ring is 1. The van der Waals surface area contributed by atoms with Gasteiger partial charge < -0.3 is 11.5 Å². The Kier molecular flexibility index (Phi) is 3.20. The van der Waals surface area contributed by atoms with Crippen molar-refractivity contribution >= 4 is 23.2 Å². The number of amides is 1. The summed E-state index contributed by atoms with van der Waals surface area (Å²) in [6.45, 7) is 0.202. The Morgan fingerprint density at radius 3 is 2.83 bits per heavy atom. The van der Waals surface area contributed by atoms with E-state index in [0.717, 1.165) is 0 Å². The Bertz CT molecular complexity index is 611. The van der Waals surface area contributed by atoms with E-state index in [0.29, 0.717) is 10.6 Å². The molecule has 1 heterocycles. The predicted molar refractivity (Wildman–Crippen MR) is 65.7 cm³/mol. The predicted octanol–water partition coefficient (Wildman–Crippen LogP) is 1.41. The Labute approximate surface area is 107 Å². The van der Waals surface area contributed by atoms with E-state index in [1.54, 1.807) is 0 Å². The van der Waals surface area contributed by atoms with Gasteiger partial charge in [0.15, 0.2) is 5.69 Å². The Hall–Kier alpha value is -2.08. The first-order chi connectivity index (χ1) is 8.47. The molecule has 7 heteroatoms. The second kappa shape index (κ2) is 4.66. The minimum atomic E-state index is -0.711. The number of primary amides is 1. The van der Waals surface area contributed by atoms with Crippen LogP contribution in [0.25, 0.3) is 0 Å². The molecule has 2 rings (SSSR count). The molecule has 0 bridgehead atoms. The largest absolute Gasteiger partial charge is 0.396 e. The van der Waals surface area contributed by atoms with Gasteiger partial charge in [-0.15, -0.1) is 0 Å². The number of hydrogen-bond acceptors (Lipinski definition) is 3. The summed E-state index contributed by atoms with van der Waals surface area (Å²) < 4.78 is 14.5.